The van der Waals surface area contributed by atoms with Crippen molar-refractivity contribution >= 4 is 27.7 Å². The molecule has 1 amide bonds. The Labute approximate surface area is 103 Å². The highest BCUT2D eigenvalue weighted by atomic mass is 79.9. The van der Waals surface area contributed by atoms with Gasteiger partial charge in [0.15, 0.2) is 5.82 Å². The summed E-state index contributed by atoms with van der Waals surface area (Å²) < 4.78 is 0.622. The number of carbonyl (C=O) groups is 1. The van der Waals surface area contributed by atoms with Crippen molar-refractivity contribution < 1.29 is 4.79 Å². The summed E-state index contributed by atoms with van der Waals surface area (Å²) in [7, 11) is 0. The van der Waals surface area contributed by atoms with Crippen LogP contribution in [0.3, 0.4) is 0 Å². The molecule has 0 aliphatic rings. The first-order valence-corrected chi connectivity index (χ1v) is 5.88. The van der Waals surface area contributed by atoms with Crippen molar-refractivity contribution in [3.05, 3.63) is 17.0 Å². The molecule has 0 aromatic carbocycles. The van der Waals surface area contributed by atoms with Crippen molar-refractivity contribution in [3.8, 4) is 0 Å². The second kappa shape index (κ2) is 5.91. The topological polar surface area (TPSA) is 80.9 Å². The molecule has 6 heteroatoms. The van der Waals surface area contributed by atoms with Crippen molar-refractivity contribution in [1.82, 2.24) is 9.97 Å². The Balaban J connectivity index is 2.60. The van der Waals surface area contributed by atoms with E-state index in [1.807, 2.05) is 13.8 Å². The van der Waals surface area contributed by atoms with Crippen LogP contribution in [0.2, 0.25) is 0 Å². The number of amides is 1. The maximum atomic E-state index is 11.7. The lowest BCUT2D eigenvalue weighted by molar-refractivity contribution is -0.118. The minimum absolute atomic E-state index is 0.142. The van der Waals surface area contributed by atoms with Gasteiger partial charge in [0.25, 0.3) is 0 Å². The van der Waals surface area contributed by atoms with Gasteiger partial charge < -0.3 is 11.1 Å². The molecule has 0 aliphatic heterocycles. The van der Waals surface area contributed by atoms with Crippen molar-refractivity contribution in [3.63, 3.8) is 0 Å². The van der Waals surface area contributed by atoms with Gasteiger partial charge in [-0.3, -0.25) is 4.79 Å². The smallest absolute Gasteiger partial charge is 0.242 e. The van der Waals surface area contributed by atoms with Crippen LogP contribution < -0.4 is 11.1 Å². The first kappa shape index (κ1) is 13.1. The van der Waals surface area contributed by atoms with Gasteiger partial charge in [-0.05, 0) is 21.8 Å². The Hall–Kier alpha value is -1.01. The van der Waals surface area contributed by atoms with E-state index in [0.29, 0.717) is 10.4 Å². The van der Waals surface area contributed by atoms with Gasteiger partial charge in [0.05, 0.1) is 18.4 Å². The molecule has 0 aliphatic carbocycles. The predicted octanol–water partition coefficient (Wildman–Crippen LogP) is 1.55. The van der Waals surface area contributed by atoms with Crippen LogP contribution in [0.5, 0.6) is 0 Å². The fraction of sp³-hybridized carbons (Fsp3) is 0.500. The van der Waals surface area contributed by atoms with E-state index in [0.717, 1.165) is 6.42 Å². The number of hydrogen-bond donors (Lipinski definition) is 2. The first-order valence-electron chi connectivity index (χ1n) is 5.08. The van der Waals surface area contributed by atoms with Crippen LogP contribution in [0, 0.1) is 5.92 Å². The molecule has 16 heavy (non-hydrogen) atoms. The van der Waals surface area contributed by atoms with Crippen LogP contribution in [0.25, 0.3) is 0 Å². The molecule has 1 heterocycles. The maximum Gasteiger partial charge on any atom is 0.242 e. The van der Waals surface area contributed by atoms with E-state index < -0.39 is 6.04 Å². The summed E-state index contributed by atoms with van der Waals surface area (Å²) in [5.41, 5.74) is 5.78. The Kier molecular flexibility index (Phi) is 4.82. The monoisotopic (exact) mass is 286 g/mol. The molecule has 0 spiro atoms. The summed E-state index contributed by atoms with van der Waals surface area (Å²) in [6, 6.07) is -0.518. The van der Waals surface area contributed by atoms with E-state index in [1.54, 1.807) is 0 Å². The second-order valence-corrected chi connectivity index (χ2v) is 4.44. The number of nitrogens with two attached hydrogens (primary N) is 1. The highest BCUT2D eigenvalue weighted by Gasteiger charge is 2.19. The number of rotatable bonds is 4. The van der Waals surface area contributed by atoms with Gasteiger partial charge in [-0.1, -0.05) is 20.3 Å². The van der Waals surface area contributed by atoms with Crippen LogP contribution in [0.15, 0.2) is 17.0 Å². The molecule has 1 aromatic rings. The standard InChI is InChI=1S/C10H15BrN4O/c1-3-6(2)9(12)10(16)15-8-5-13-7(11)4-14-8/h4-6,9H,3,12H2,1-2H3,(H,14,15,16)/t6-,9-/m0/s1. The second-order valence-electron chi connectivity index (χ2n) is 3.62. The highest BCUT2D eigenvalue weighted by molar-refractivity contribution is 9.10. The third-order valence-corrected chi connectivity index (χ3v) is 2.84. The predicted molar refractivity (Wildman–Crippen MR) is 65.8 cm³/mol. The van der Waals surface area contributed by atoms with E-state index in [9.17, 15) is 4.79 Å². The van der Waals surface area contributed by atoms with Gasteiger partial charge in [0, 0.05) is 0 Å². The number of hydrogen-bond acceptors (Lipinski definition) is 4. The Morgan fingerprint density at radius 3 is 2.75 bits per heavy atom. The molecule has 0 radical (unpaired) electrons. The normalized spacial score (nSPS) is 14.2. The van der Waals surface area contributed by atoms with E-state index in [-0.39, 0.29) is 11.8 Å². The van der Waals surface area contributed by atoms with Gasteiger partial charge in [0.1, 0.15) is 4.60 Å². The fourth-order valence-electron chi connectivity index (χ4n) is 1.10. The Bertz CT molecular complexity index is 354. The number of carbonyl (C=O) groups excluding carboxylic acids is 1. The molecule has 1 aromatic heterocycles. The average Bonchev–Trinajstić information content (AvgIpc) is 2.30. The minimum atomic E-state index is -0.518. The van der Waals surface area contributed by atoms with Gasteiger partial charge >= 0.3 is 0 Å². The van der Waals surface area contributed by atoms with Crippen LogP contribution in [0.1, 0.15) is 20.3 Å². The zero-order valence-corrected chi connectivity index (χ0v) is 10.9. The zero-order valence-electron chi connectivity index (χ0n) is 9.27. The lowest BCUT2D eigenvalue weighted by atomic mass is 9.99. The van der Waals surface area contributed by atoms with E-state index >= 15 is 0 Å². The lowest BCUT2D eigenvalue weighted by Gasteiger charge is -2.17. The van der Waals surface area contributed by atoms with Gasteiger partial charge in [-0.25, -0.2) is 9.97 Å². The largest absolute Gasteiger partial charge is 0.320 e. The zero-order chi connectivity index (χ0) is 12.1. The quantitative estimate of drug-likeness (QED) is 0.880. The minimum Gasteiger partial charge on any atom is -0.320 e. The molecular formula is C10H15BrN4O. The summed E-state index contributed by atoms with van der Waals surface area (Å²) in [4.78, 5) is 19.6. The number of aromatic nitrogens is 2. The van der Waals surface area contributed by atoms with Crippen LogP contribution >= 0.6 is 15.9 Å². The number of nitrogens with zero attached hydrogens (tertiary/aromatic N) is 2. The maximum absolute atomic E-state index is 11.7. The summed E-state index contributed by atoms with van der Waals surface area (Å²) >= 11 is 3.16. The van der Waals surface area contributed by atoms with Crippen molar-refractivity contribution in [2.24, 2.45) is 11.7 Å². The summed E-state index contributed by atoms with van der Waals surface area (Å²) in [5.74, 6) is 0.321. The average molecular weight is 287 g/mol. The van der Waals surface area contributed by atoms with Gasteiger partial charge in [0.2, 0.25) is 5.91 Å². The number of halogens is 1. The van der Waals surface area contributed by atoms with E-state index in [1.165, 1.54) is 12.4 Å². The molecular weight excluding hydrogens is 272 g/mol. The molecule has 0 unspecified atom stereocenters. The third-order valence-electron chi connectivity index (χ3n) is 2.43. The van der Waals surface area contributed by atoms with Crippen LogP contribution in [-0.2, 0) is 4.79 Å². The molecule has 5 nitrogen and oxygen atoms in total. The van der Waals surface area contributed by atoms with Crippen molar-refractivity contribution in [1.29, 1.82) is 0 Å². The molecule has 0 saturated carbocycles. The molecule has 2 atom stereocenters. The number of nitrogens with one attached hydrogen (secondary N) is 1. The number of anilines is 1. The molecule has 88 valence electrons. The molecule has 3 N–H and O–H groups in total. The fourth-order valence-corrected chi connectivity index (χ4v) is 1.30. The SMILES string of the molecule is CC[C@H](C)[C@H](N)C(=O)Nc1cnc(Br)cn1. The van der Waals surface area contributed by atoms with Gasteiger partial charge in [-0.2, -0.15) is 0 Å². The highest BCUT2D eigenvalue weighted by Crippen LogP contribution is 2.09. The lowest BCUT2D eigenvalue weighted by Crippen LogP contribution is -2.40. The van der Waals surface area contributed by atoms with Crippen LogP contribution in [-0.4, -0.2) is 21.9 Å². The Morgan fingerprint density at radius 2 is 2.25 bits per heavy atom. The van der Waals surface area contributed by atoms with Crippen molar-refractivity contribution in [2.75, 3.05) is 5.32 Å². The molecule has 0 fully saturated rings. The van der Waals surface area contributed by atoms with E-state index in [2.05, 4.69) is 31.2 Å². The third kappa shape index (κ3) is 3.53. The van der Waals surface area contributed by atoms with Crippen molar-refractivity contribution in [2.45, 2.75) is 26.3 Å². The van der Waals surface area contributed by atoms with Crippen LogP contribution in [0.4, 0.5) is 5.82 Å². The molecule has 0 saturated heterocycles. The van der Waals surface area contributed by atoms with E-state index in [4.69, 9.17) is 5.73 Å². The summed E-state index contributed by atoms with van der Waals surface area (Å²) in [5, 5.41) is 2.63. The Morgan fingerprint density at radius 1 is 1.56 bits per heavy atom. The summed E-state index contributed by atoms with van der Waals surface area (Å²) in [6.45, 7) is 3.94. The summed E-state index contributed by atoms with van der Waals surface area (Å²) in [6.07, 6.45) is 3.86. The van der Waals surface area contributed by atoms with Gasteiger partial charge in [-0.15, -0.1) is 0 Å². The first-order chi connectivity index (χ1) is 7.54. The molecule has 1 rings (SSSR count). The molecule has 0 bridgehead atoms.